The number of fused-ring (bicyclic) bond motifs is 3. The van der Waals surface area contributed by atoms with Crippen molar-refractivity contribution in [3.63, 3.8) is 0 Å². The molecule has 5 rings (SSSR count). The average Bonchev–Trinajstić information content (AvgIpc) is 3.41. The van der Waals surface area contributed by atoms with Gasteiger partial charge in [0.2, 0.25) is 11.8 Å². The number of carbonyl (C=O) groups excluding carboxylic acids is 3. The Morgan fingerprint density at radius 3 is 2.33 bits per heavy atom. The number of ether oxygens (including phenoxy) is 1. The number of ketones is 1. The first-order valence-corrected chi connectivity index (χ1v) is 10.5. The lowest BCUT2D eigenvalue weighted by molar-refractivity contribution is -0.123. The van der Waals surface area contributed by atoms with Gasteiger partial charge in [-0.05, 0) is 67.9 Å². The molecule has 154 valence electrons. The van der Waals surface area contributed by atoms with Gasteiger partial charge in [0, 0.05) is 16.6 Å². The van der Waals surface area contributed by atoms with Crippen LogP contribution >= 0.6 is 11.6 Å². The summed E-state index contributed by atoms with van der Waals surface area (Å²) in [6.45, 7) is 0.728. The molecule has 0 aromatic heterocycles. The fraction of sp³-hybridized carbons (Fsp3) is 0.348. The van der Waals surface area contributed by atoms with Gasteiger partial charge in [0.05, 0.1) is 30.7 Å². The van der Waals surface area contributed by atoms with Gasteiger partial charge in [-0.1, -0.05) is 11.6 Å². The Morgan fingerprint density at radius 1 is 1.00 bits per heavy atom. The van der Waals surface area contributed by atoms with Crippen LogP contribution in [0.15, 0.2) is 48.5 Å². The van der Waals surface area contributed by atoms with Crippen molar-refractivity contribution >= 4 is 34.9 Å². The number of hydrogen-bond donors (Lipinski definition) is 0. The molecule has 3 saturated heterocycles. The first-order chi connectivity index (χ1) is 14.5. The molecule has 0 bridgehead atoms. The number of methoxy groups -OCH3 is 1. The summed E-state index contributed by atoms with van der Waals surface area (Å²) < 4.78 is 5.18. The van der Waals surface area contributed by atoms with Gasteiger partial charge in [0.25, 0.3) is 0 Å². The summed E-state index contributed by atoms with van der Waals surface area (Å²) >= 11 is 5.97. The van der Waals surface area contributed by atoms with E-state index in [2.05, 4.69) is 4.90 Å². The van der Waals surface area contributed by atoms with Gasteiger partial charge in [-0.25, -0.2) is 4.90 Å². The lowest BCUT2D eigenvalue weighted by Crippen LogP contribution is -2.46. The van der Waals surface area contributed by atoms with E-state index >= 15 is 0 Å². The van der Waals surface area contributed by atoms with Crippen LogP contribution in [0.3, 0.4) is 0 Å². The second-order valence-electron chi connectivity index (χ2n) is 8.02. The lowest BCUT2D eigenvalue weighted by atomic mass is 9.85. The van der Waals surface area contributed by atoms with Crippen LogP contribution in [0.1, 0.15) is 23.2 Å². The van der Waals surface area contributed by atoms with Gasteiger partial charge in [0.15, 0.2) is 5.78 Å². The Hall–Kier alpha value is -2.70. The SMILES string of the molecule is COc1ccc(C(=O)[C@H]2[C@@H]3C(=O)N(c4ccc(Cl)cc4)C(=O)[C@@H]3[C@H]3CCCN32)cc1. The highest BCUT2D eigenvalue weighted by Gasteiger charge is 2.64. The second-order valence-corrected chi connectivity index (χ2v) is 8.46. The maximum Gasteiger partial charge on any atom is 0.239 e. The smallest absolute Gasteiger partial charge is 0.239 e. The number of carbonyl (C=O) groups is 3. The molecule has 0 spiro atoms. The van der Waals surface area contributed by atoms with Crippen LogP contribution in [0, 0.1) is 11.8 Å². The third kappa shape index (κ3) is 2.78. The minimum atomic E-state index is -0.659. The summed E-state index contributed by atoms with van der Waals surface area (Å²) in [7, 11) is 1.57. The molecule has 6 nitrogen and oxygen atoms in total. The van der Waals surface area contributed by atoms with Crippen LogP contribution in [0.25, 0.3) is 0 Å². The highest BCUT2D eigenvalue weighted by atomic mass is 35.5. The van der Waals surface area contributed by atoms with Crippen LogP contribution in [0.4, 0.5) is 5.69 Å². The number of Topliss-reactive ketones (excluding diaryl/α,β-unsaturated/α-hetero) is 1. The molecular weight excluding hydrogens is 404 g/mol. The predicted molar refractivity (Wildman–Crippen MR) is 112 cm³/mol. The number of nitrogens with zero attached hydrogens (tertiary/aromatic N) is 2. The molecule has 7 heteroatoms. The molecule has 2 aromatic carbocycles. The largest absolute Gasteiger partial charge is 0.497 e. The third-order valence-electron chi connectivity index (χ3n) is 6.58. The van der Waals surface area contributed by atoms with Gasteiger partial charge in [-0.2, -0.15) is 0 Å². The van der Waals surface area contributed by atoms with Crippen molar-refractivity contribution in [2.45, 2.75) is 24.9 Å². The fourth-order valence-electron chi connectivity index (χ4n) is 5.29. The van der Waals surface area contributed by atoms with Gasteiger partial charge >= 0.3 is 0 Å². The Kier molecular flexibility index (Phi) is 4.64. The normalized spacial score (nSPS) is 28.0. The van der Waals surface area contributed by atoms with Crippen LogP contribution in [0.2, 0.25) is 5.02 Å². The zero-order chi connectivity index (χ0) is 21.0. The molecule has 3 aliphatic rings. The third-order valence-corrected chi connectivity index (χ3v) is 6.83. The molecule has 3 aliphatic heterocycles. The summed E-state index contributed by atoms with van der Waals surface area (Å²) in [5, 5.41) is 0.535. The molecule has 4 atom stereocenters. The highest BCUT2D eigenvalue weighted by molar-refractivity contribution is 6.31. The van der Waals surface area contributed by atoms with Gasteiger partial charge < -0.3 is 4.74 Å². The van der Waals surface area contributed by atoms with E-state index in [9.17, 15) is 14.4 Å². The number of hydrogen-bond acceptors (Lipinski definition) is 5. The molecule has 2 aromatic rings. The Morgan fingerprint density at radius 2 is 1.67 bits per heavy atom. The lowest BCUT2D eigenvalue weighted by Gasteiger charge is -2.27. The molecule has 3 heterocycles. The van der Waals surface area contributed by atoms with E-state index in [4.69, 9.17) is 16.3 Å². The highest BCUT2D eigenvalue weighted by Crippen LogP contribution is 2.48. The quantitative estimate of drug-likeness (QED) is 0.557. The Labute approximate surface area is 179 Å². The number of rotatable bonds is 4. The van der Waals surface area contributed by atoms with Crippen molar-refractivity contribution in [1.29, 1.82) is 0 Å². The second kappa shape index (κ2) is 7.22. The monoisotopic (exact) mass is 424 g/mol. The van der Waals surface area contributed by atoms with Crippen molar-refractivity contribution < 1.29 is 19.1 Å². The number of benzene rings is 2. The van der Waals surface area contributed by atoms with Crippen LogP contribution in [-0.4, -0.2) is 48.2 Å². The van der Waals surface area contributed by atoms with Crippen LogP contribution in [0.5, 0.6) is 5.75 Å². The number of amides is 2. The predicted octanol–water partition coefficient (Wildman–Crippen LogP) is 3.18. The Bertz CT molecular complexity index is 1020. The number of anilines is 1. The van der Waals surface area contributed by atoms with Crippen molar-refractivity contribution in [3.8, 4) is 5.75 Å². The minimum absolute atomic E-state index is 0.0732. The zero-order valence-corrected chi connectivity index (χ0v) is 17.2. The summed E-state index contributed by atoms with van der Waals surface area (Å²) in [4.78, 5) is 43.6. The summed E-state index contributed by atoms with van der Waals surface area (Å²) in [5.74, 6) is -1.11. The van der Waals surface area contributed by atoms with E-state index in [1.165, 1.54) is 4.90 Å². The van der Waals surface area contributed by atoms with Crippen LogP contribution < -0.4 is 9.64 Å². The maximum absolute atomic E-state index is 13.5. The average molecular weight is 425 g/mol. The number of imide groups is 1. The molecule has 30 heavy (non-hydrogen) atoms. The van der Waals surface area contributed by atoms with Crippen molar-refractivity contribution in [2.24, 2.45) is 11.8 Å². The van der Waals surface area contributed by atoms with Gasteiger partial charge in [0.1, 0.15) is 5.75 Å². The topological polar surface area (TPSA) is 66.9 Å². The first kappa shape index (κ1) is 19.3. The molecule has 0 unspecified atom stereocenters. The van der Waals surface area contributed by atoms with Crippen molar-refractivity contribution in [2.75, 3.05) is 18.6 Å². The van der Waals surface area contributed by atoms with Gasteiger partial charge in [-0.3, -0.25) is 19.3 Å². The molecule has 0 aliphatic carbocycles. The summed E-state index contributed by atoms with van der Waals surface area (Å²) in [6.07, 6.45) is 1.74. The van der Waals surface area contributed by atoms with Gasteiger partial charge in [-0.15, -0.1) is 0 Å². The van der Waals surface area contributed by atoms with E-state index < -0.39 is 17.9 Å². The van der Waals surface area contributed by atoms with Crippen molar-refractivity contribution in [1.82, 2.24) is 4.90 Å². The van der Waals surface area contributed by atoms with E-state index in [1.54, 1.807) is 55.6 Å². The molecule has 2 amide bonds. The molecule has 0 N–H and O–H groups in total. The standard InChI is InChI=1S/C23H21ClN2O4/c1-30-16-10-4-13(5-11-16)21(27)20-19-18(17-3-2-12-25(17)20)22(28)26(23(19)29)15-8-6-14(24)7-9-15/h4-11,17-20H,2-3,12H2,1H3/t17-,18-,19-,20-/m1/s1. The van der Waals surface area contributed by atoms with E-state index in [-0.39, 0.29) is 23.6 Å². The molecule has 0 radical (unpaired) electrons. The van der Waals surface area contributed by atoms with Crippen LogP contribution in [-0.2, 0) is 9.59 Å². The van der Waals surface area contributed by atoms with E-state index in [0.29, 0.717) is 22.0 Å². The fourth-order valence-corrected chi connectivity index (χ4v) is 5.41. The first-order valence-electron chi connectivity index (χ1n) is 10.1. The Balaban J connectivity index is 1.52. The zero-order valence-electron chi connectivity index (χ0n) is 16.5. The molecule has 0 saturated carbocycles. The number of halogens is 1. The molecule has 3 fully saturated rings. The van der Waals surface area contributed by atoms with E-state index in [0.717, 1.165) is 19.4 Å². The molecular formula is C23H21ClN2O4. The van der Waals surface area contributed by atoms with Crippen molar-refractivity contribution in [3.05, 3.63) is 59.1 Å². The maximum atomic E-state index is 13.5. The van der Waals surface area contributed by atoms with E-state index in [1.807, 2.05) is 0 Å². The minimum Gasteiger partial charge on any atom is -0.497 e. The summed E-state index contributed by atoms with van der Waals surface area (Å²) in [6, 6.07) is 12.9. The summed E-state index contributed by atoms with van der Waals surface area (Å²) in [5.41, 5.74) is 1.03.